The number of morpholine rings is 1. The van der Waals surface area contributed by atoms with Crippen molar-refractivity contribution in [3.8, 4) is 0 Å². The standard InChI is InChI=1S/C32H32Cl2F3N4O8PS/c1-16(42)39-7-6-19-3-4-25(31(45)40-8-9-49-26(15-40)20-12-23(35)22(34)13-21(20)33)41(19)30(44)24(14-39)38-29(43)28-11-17-10-18(2-5-27(17)51-28)32(36,37)50(46,47)48/h2,5,10-13,19,24-26H,3-4,6-9,14-15H2,1H3,(H,38,43)(H2,46,47,48)/t19-,24+,25+,26?/m1/s1. The molecule has 3 aromatic rings. The van der Waals surface area contributed by atoms with Crippen LogP contribution in [0.25, 0.3) is 10.1 Å². The predicted molar refractivity (Wildman–Crippen MR) is 181 cm³/mol. The van der Waals surface area contributed by atoms with Gasteiger partial charge in [-0.25, -0.2) is 4.39 Å². The molecule has 4 heterocycles. The number of rotatable bonds is 6. The number of fused-ring (bicyclic) bond motifs is 2. The number of nitrogens with zero attached hydrogens (tertiary/aromatic N) is 3. The molecule has 0 saturated carbocycles. The average molecular weight is 792 g/mol. The Hall–Kier alpha value is -3.24. The average Bonchev–Trinajstić information content (AvgIpc) is 3.70. The summed E-state index contributed by atoms with van der Waals surface area (Å²) in [6.07, 6.45) is 0.443. The lowest BCUT2D eigenvalue weighted by Gasteiger charge is -2.40. The fourth-order valence-corrected chi connectivity index (χ4v) is 8.71. The smallest absolute Gasteiger partial charge is 0.370 e. The Morgan fingerprint density at radius 1 is 1.02 bits per heavy atom. The molecule has 3 saturated heterocycles. The van der Waals surface area contributed by atoms with E-state index in [1.165, 1.54) is 39.8 Å². The molecule has 0 radical (unpaired) electrons. The first kappa shape index (κ1) is 37.5. The minimum absolute atomic E-state index is 0.0214. The highest BCUT2D eigenvalue weighted by Crippen LogP contribution is 2.59. The van der Waals surface area contributed by atoms with Crippen LogP contribution >= 0.6 is 42.1 Å². The Morgan fingerprint density at radius 3 is 2.47 bits per heavy atom. The van der Waals surface area contributed by atoms with Gasteiger partial charge in [-0.1, -0.05) is 29.3 Å². The lowest BCUT2D eigenvalue weighted by Crippen LogP contribution is -2.61. The molecule has 3 N–H and O–H groups in total. The van der Waals surface area contributed by atoms with Gasteiger partial charge in [0.05, 0.1) is 23.1 Å². The van der Waals surface area contributed by atoms with E-state index in [9.17, 15) is 36.9 Å². The maximum Gasteiger partial charge on any atom is 0.399 e. The van der Waals surface area contributed by atoms with Gasteiger partial charge in [-0.3, -0.25) is 23.7 Å². The molecular weight excluding hydrogens is 759 g/mol. The molecule has 1 aromatic heterocycles. The van der Waals surface area contributed by atoms with Gasteiger partial charge in [0.15, 0.2) is 0 Å². The second-order valence-electron chi connectivity index (χ2n) is 12.7. The zero-order valence-electron chi connectivity index (χ0n) is 26.9. The number of halogens is 5. The Kier molecular flexibility index (Phi) is 10.5. The van der Waals surface area contributed by atoms with Gasteiger partial charge in [0.1, 0.15) is 24.0 Å². The van der Waals surface area contributed by atoms with E-state index in [0.29, 0.717) is 29.5 Å². The van der Waals surface area contributed by atoms with Crippen LogP contribution in [0.3, 0.4) is 0 Å². The SMILES string of the molecule is CC(=O)N1CC[C@H]2CC[C@@H](C(=O)N3CCOC(c4cc(F)c(Cl)cc4Cl)C3)N2C(=O)[C@@H](NC(=O)c2cc3cc(C(F)(F)P(=O)(O)O)ccc3s2)C1. The summed E-state index contributed by atoms with van der Waals surface area (Å²) in [5.41, 5.74) is -5.05. The Labute approximate surface area is 303 Å². The van der Waals surface area contributed by atoms with Crippen LogP contribution < -0.4 is 5.32 Å². The summed E-state index contributed by atoms with van der Waals surface area (Å²) in [7, 11) is -5.83. The van der Waals surface area contributed by atoms with E-state index in [0.717, 1.165) is 29.5 Å². The van der Waals surface area contributed by atoms with Crippen molar-refractivity contribution in [2.45, 2.75) is 56.1 Å². The van der Waals surface area contributed by atoms with E-state index in [1.807, 2.05) is 0 Å². The summed E-state index contributed by atoms with van der Waals surface area (Å²) in [5, 5.41) is 2.81. The number of hydrogen-bond donors (Lipinski definition) is 3. The van der Waals surface area contributed by atoms with Crippen molar-refractivity contribution in [2.24, 2.45) is 0 Å². The molecule has 274 valence electrons. The Morgan fingerprint density at radius 2 is 1.76 bits per heavy atom. The topological polar surface area (TPSA) is 157 Å². The van der Waals surface area contributed by atoms with Crippen molar-refractivity contribution in [3.05, 3.63) is 68.3 Å². The zero-order chi connectivity index (χ0) is 37.0. The van der Waals surface area contributed by atoms with Crippen LogP contribution in [0.15, 0.2) is 36.4 Å². The van der Waals surface area contributed by atoms with E-state index < -0.39 is 60.7 Å². The highest BCUT2D eigenvalue weighted by molar-refractivity contribution is 7.52. The second-order valence-corrected chi connectivity index (χ2v) is 16.2. The molecule has 3 aliphatic heterocycles. The van der Waals surface area contributed by atoms with E-state index in [2.05, 4.69) is 5.32 Å². The van der Waals surface area contributed by atoms with Crippen molar-refractivity contribution in [3.63, 3.8) is 0 Å². The van der Waals surface area contributed by atoms with Gasteiger partial charge in [0.25, 0.3) is 5.91 Å². The highest BCUT2D eigenvalue weighted by Gasteiger charge is 2.50. The molecule has 4 atom stereocenters. The van der Waals surface area contributed by atoms with Crippen LogP contribution in [0, 0.1) is 5.82 Å². The normalized spacial score (nSPS) is 23.2. The van der Waals surface area contributed by atoms with Crippen molar-refractivity contribution >= 4 is 75.8 Å². The molecule has 6 rings (SSSR count). The quantitative estimate of drug-likeness (QED) is 0.236. The molecule has 2 aromatic carbocycles. The van der Waals surface area contributed by atoms with Gasteiger partial charge < -0.3 is 34.5 Å². The largest absolute Gasteiger partial charge is 0.399 e. The lowest BCUT2D eigenvalue weighted by atomic mass is 10.1. The molecule has 4 amide bonds. The highest BCUT2D eigenvalue weighted by atomic mass is 35.5. The van der Waals surface area contributed by atoms with E-state index in [-0.39, 0.29) is 64.9 Å². The predicted octanol–water partition coefficient (Wildman–Crippen LogP) is 4.88. The molecule has 12 nitrogen and oxygen atoms in total. The van der Waals surface area contributed by atoms with Gasteiger partial charge in [-0.2, -0.15) is 8.78 Å². The van der Waals surface area contributed by atoms with Crippen molar-refractivity contribution in [1.29, 1.82) is 0 Å². The second kappa shape index (κ2) is 14.3. The first-order valence-electron chi connectivity index (χ1n) is 15.9. The first-order chi connectivity index (χ1) is 24.0. The number of thiophene rings is 1. The molecular formula is C32H32Cl2F3N4O8PS. The van der Waals surface area contributed by atoms with Gasteiger partial charge in [-0.05, 0) is 55.0 Å². The Bertz CT molecular complexity index is 1960. The number of nitrogens with one attached hydrogen (secondary N) is 1. The number of carbonyl (C=O) groups is 4. The van der Waals surface area contributed by atoms with Gasteiger partial charge >= 0.3 is 13.3 Å². The van der Waals surface area contributed by atoms with Crippen molar-refractivity contribution in [1.82, 2.24) is 20.0 Å². The number of alkyl halides is 2. The summed E-state index contributed by atoms with van der Waals surface area (Å²) < 4.78 is 60.6. The molecule has 1 unspecified atom stereocenters. The summed E-state index contributed by atoms with van der Waals surface area (Å²) in [4.78, 5) is 77.2. The molecule has 0 bridgehead atoms. The van der Waals surface area contributed by atoms with Gasteiger partial charge in [-0.15, -0.1) is 11.3 Å². The lowest BCUT2D eigenvalue weighted by molar-refractivity contribution is -0.152. The summed E-state index contributed by atoms with van der Waals surface area (Å²) in [6, 6.07) is 4.09. The van der Waals surface area contributed by atoms with Crippen molar-refractivity contribution < 1.29 is 51.4 Å². The molecule has 3 aliphatic rings. The third-order valence-corrected chi connectivity index (χ3v) is 12.2. The molecule has 19 heteroatoms. The first-order valence-corrected chi connectivity index (χ1v) is 19.1. The number of amides is 4. The van der Waals surface area contributed by atoms with Crippen LogP contribution in [0.2, 0.25) is 10.0 Å². The van der Waals surface area contributed by atoms with Crippen molar-refractivity contribution in [2.75, 3.05) is 32.8 Å². The van der Waals surface area contributed by atoms with Crippen LogP contribution in [0.5, 0.6) is 0 Å². The fourth-order valence-electron chi connectivity index (χ4n) is 6.78. The molecule has 0 spiro atoms. The maximum atomic E-state index is 14.4. The van der Waals surface area contributed by atoms with E-state index in [4.69, 9.17) is 37.7 Å². The summed E-state index contributed by atoms with van der Waals surface area (Å²) in [6.45, 7) is 1.78. The molecule has 3 fully saturated rings. The fraction of sp³-hybridized carbons (Fsp3) is 0.438. The van der Waals surface area contributed by atoms with Crippen LogP contribution in [-0.4, -0.2) is 99.0 Å². The number of hydrogen-bond acceptors (Lipinski definition) is 7. The van der Waals surface area contributed by atoms with Crippen LogP contribution in [0.4, 0.5) is 13.2 Å². The summed E-state index contributed by atoms with van der Waals surface area (Å²) >= 11 is 13.1. The van der Waals surface area contributed by atoms with Crippen LogP contribution in [-0.2, 0) is 29.3 Å². The number of carbonyl (C=O) groups excluding carboxylic acids is 4. The zero-order valence-corrected chi connectivity index (χ0v) is 30.1. The summed E-state index contributed by atoms with van der Waals surface area (Å²) in [5.74, 6) is -2.69. The monoisotopic (exact) mass is 790 g/mol. The van der Waals surface area contributed by atoms with E-state index in [1.54, 1.807) is 0 Å². The molecule has 51 heavy (non-hydrogen) atoms. The maximum absolute atomic E-state index is 14.4. The van der Waals surface area contributed by atoms with Gasteiger partial charge in [0, 0.05) is 53.4 Å². The third-order valence-electron chi connectivity index (χ3n) is 9.44. The van der Waals surface area contributed by atoms with Gasteiger partial charge in [0.2, 0.25) is 17.7 Å². The number of benzene rings is 2. The number of ether oxygens (including phenoxy) is 1. The minimum atomic E-state index is -5.83. The van der Waals surface area contributed by atoms with E-state index >= 15 is 0 Å². The van der Waals surface area contributed by atoms with Crippen LogP contribution in [0.1, 0.15) is 53.1 Å². The molecule has 0 aliphatic carbocycles. The Balaban J connectivity index is 1.23. The minimum Gasteiger partial charge on any atom is -0.370 e. The third kappa shape index (κ3) is 7.37.